The number of carbonyl (C=O) groups is 1. The Kier molecular flexibility index (Phi) is 2.83. The van der Waals surface area contributed by atoms with Crippen LogP contribution in [0, 0.1) is 6.92 Å². The van der Waals surface area contributed by atoms with Crippen molar-refractivity contribution in [2.24, 2.45) is 5.84 Å². The van der Waals surface area contributed by atoms with Crippen molar-refractivity contribution in [2.45, 2.75) is 25.8 Å². The predicted molar refractivity (Wildman–Crippen MR) is 64.1 cm³/mol. The molecule has 4 heteroatoms. The number of anilines is 1. The molecule has 1 fully saturated rings. The molecule has 0 saturated heterocycles. The lowest BCUT2D eigenvalue weighted by molar-refractivity contribution is 0.0785. The zero-order valence-electron chi connectivity index (χ0n) is 9.66. The zero-order valence-corrected chi connectivity index (χ0v) is 9.66. The van der Waals surface area contributed by atoms with Gasteiger partial charge in [0.1, 0.15) is 0 Å². The second-order valence-electron chi connectivity index (χ2n) is 4.32. The van der Waals surface area contributed by atoms with E-state index in [1.54, 1.807) is 0 Å². The number of benzene rings is 1. The van der Waals surface area contributed by atoms with Crippen molar-refractivity contribution in [3.63, 3.8) is 0 Å². The van der Waals surface area contributed by atoms with Gasteiger partial charge in [0.2, 0.25) is 0 Å². The van der Waals surface area contributed by atoms with Crippen LogP contribution in [-0.2, 0) is 0 Å². The van der Waals surface area contributed by atoms with E-state index in [0.717, 1.165) is 29.7 Å². The molecular weight excluding hydrogens is 202 g/mol. The number of aryl methyl sites for hydroxylation is 1. The molecule has 16 heavy (non-hydrogen) atoms. The summed E-state index contributed by atoms with van der Waals surface area (Å²) >= 11 is 0. The average molecular weight is 219 g/mol. The Morgan fingerprint density at radius 1 is 1.50 bits per heavy atom. The number of hydrogen-bond donors (Lipinski definition) is 2. The molecule has 0 spiro atoms. The summed E-state index contributed by atoms with van der Waals surface area (Å²) in [6.07, 6.45) is 2.26. The summed E-state index contributed by atoms with van der Waals surface area (Å²) < 4.78 is 0. The molecule has 0 aromatic heterocycles. The van der Waals surface area contributed by atoms with Crippen molar-refractivity contribution in [2.75, 3.05) is 12.5 Å². The number of hydrazine groups is 1. The molecule has 0 atom stereocenters. The van der Waals surface area contributed by atoms with Gasteiger partial charge in [-0.2, -0.15) is 0 Å². The Bertz CT molecular complexity index is 413. The van der Waals surface area contributed by atoms with Crippen molar-refractivity contribution in [1.82, 2.24) is 4.90 Å². The molecule has 1 aromatic carbocycles. The number of amides is 1. The number of nitrogens with two attached hydrogens (primary N) is 1. The fourth-order valence-electron chi connectivity index (χ4n) is 1.79. The molecule has 1 aromatic rings. The maximum absolute atomic E-state index is 12.1. The fourth-order valence-corrected chi connectivity index (χ4v) is 1.79. The van der Waals surface area contributed by atoms with Crippen LogP contribution in [0.4, 0.5) is 5.69 Å². The molecule has 1 aliphatic rings. The van der Waals surface area contributed by atoms with E-state index in [4.69, 9.17) is 5.84 Å². The summed E-state index contributed by atoms with van der Waals surface area (Å²) in [4.78, 5) is 13.9. The lowest BCUT2D eigenvalue weighted by Crippen LogP contribution is -2.28. The van der Waals surface area contributed by atoms with Crippen LogP contribution in [0.3, 0.4) is 0 Å². The predicted octanol–water partition coefficient (Wildman–Crippen LogP) is 1.52. The highest BCUT2D eigenvalue weighted by atomic mass is 16.2. The van der Waals surface area contributed by atoms with Gasteiger partial charge in [-0.1, -0.05) is 0 Å². The minimum atomic E-state index is 0.0918. The van der Waals surface area contributed by atoms with Gasteiger partial charge >= 0.3 is 0 Å². The minimum absolute atomic E-state index is 0.0918. The number of carbonyl (C=O) groups excluding carboxylic acids is 1. The first kappa shape index (κ1) is 11.0. The SMILES string of the molecule is Cc1cc(C(=O)N(C)C2CC2)ccc1NN. The van der Waals surface area contributed by atoms with E-state index < -0.39 is 0 Å². The highest BCUT2D eigenvalue weighted by Gasteiger charge is 2.30. The highest BCUT2D eigenvalue weighted by Crippen LogP contribution is 2.27. The molecule has 0 unspecified atom stereocenters. The van der Waals surface area contributed by atoms with Crippen molar-refractivity contribution in [3.8, 4) is 0 Å². The summed E-state index contributed by atoms with van der Waals surface area (Å²) in [5.74, 6) is 5.44. The Morgan fingerprint density at radius 2 is 2.19 bits per heavy atom. The Morgan fingerprint density at radius 3 is 2.69 bits per heavy atom. The number of hydrogen-bond acceptors (Lipinski definition) is 3. The van der Waals surface area contributed by atoms with Gasteiger partial charge in [-0.05, 0) is 43.5 Å². The third-order valence-corrected chi connectivity index (χ3v) is 3.04. The molecule has 2 rings (SSSR count). The van der Waals surface area contributed by atoms with Crippen LogP contribution in [0.25, 0.3) is 0 Å². The van der Waals surface area contributed by atoms with Crippen LogP contribution in [0.15, 0.2) is 18.2 Å². The smallest absolute Gasteiger partial charge is 0.253 e. The van der Waals surface area contributed by atoms with Gasteiger partial charge in [-0.3, -0.25) is 10.6 Å². The van der Waals surface area contributed by atoms with E-state index in [-0.39, 0.29) is 5.91 Å². The number of rotatable bonds is 3. The lowest BCUT2D eigenvalue weighted by Gasteiger charge is -2.17. The largest absolute Gasteiger partial charge is 0.339 e. The van der Waals surface area contributed by atoms with Gasteiger partial charge in [0, 0.05) is 18.7 Å². The third-order valence-electron chi connectivity index (χ3n) is 3.04. The quantitative estimate of drug-likeness (QED) is 0.598. The van der Waals surface area contributed by atoms with Gasteiger partial charge in [0.05, 0.1) is 5.69 Å². The van der Waals surface area contributed by atoms with Crippen molar-refractivity contribution in [3.05, 3.63) is 29.3 Å². The van der Waals surface area contributed by atoms with E-state index in [9.17, 15) is 4.79 Å². The second-order valence-corrected chi connectivity index (χ2v) is 4.32. The molecule has 3 N–H and O–H groups in total. The van der Waals surface area contributed by atoms with Gasteiger partial charge in [0.25, 0.3) is 5.91 Å². The molecule has 0 aliphatic heterocycles. The van der Waals surface area contributed by atoms with E-state index in [2.05, 4.69) is 5.43 Å². The van der Waals surface area contributed by atoms with Crippen molar-refractivity contribution >= 4 is 11.6 Å². The fraction of sp³-hybridized carbons (Fsp3) is 0.417. The monoisotopic (exact) mass is 219 g/mol. The molecule has 4 nitrogen and oxygen atoms in total. The van der Waals surface area contributed by atoms with Crippen LogP contribution < -0.4 is 11.3 Å². The molecule has 0 radical (unpaired) electrons. The summed E-state index contributed by atoms with van der Waals surface area (Å²) in [5.41, 5.74) is 5.16. The average Bonchev–Trinajstić information content (AvgIpc) is 3.11. The Labute approximate surface area is 95.4 Å². The maximum Gasteiger partial charge on any atom is 0.253 e. The van der Waals surface area contributed by atoms with Crippen LogP contribution >= 0.6 is 0 Å². The second kappa shape index (κ2) is 4.14. The lowest BCUT2D eigenvalue weighted by atomic mass is 10.1. The highest BCUT2D eigenvalue weighted by molar-refractivity contribution is 5.95. The first-order valence-corrected chi connectivity index (χ1v) is 5.48. The minimum Gasteiger partial charge on any atom is -0.339 e. The molecule has 1 saturated carbocycles. The van der Waals surface area contributed by atoms with Gasteiger partial charge < -0.3 is 10.3 Å². The molecular formula is C12H17N3O. The summed E-state index contributed by atoms with van der Waals surface area (Å²) in [6, 6.07) is 5.96. The molecule has 1 aliphatic carbocycles. The molecule has 0 heterocycles. The summed E-state index contributed by atoms with van der Waals surface area (Å²) in [5, 5.41) is 0. The van der Waals surface area contributed by atoms with Crippen LogP contribution in [0.2, 0.25) is 0 Å². The number of nitrogens with zero attached hydrogens (tertiary/aromatic N) is 1. The topological polar surface area (TPSA) is 58.4 Å². The van der Waals surface area contributed by atoms with Crippen LogP contribution in [0.5, 0.6) is 0 Å². The Balaban J connectivity index is 2.20. The van der Waals surface area contributed by atoms with E-state index in [0.29, 0.717) is 6.04 Å². The normalized spacial score (nSPS) is 14.7. The van der Waals surface area contributed by atoms with Gasteiger partial charge in [-0.25, -0.2) is 0 Å². The Hall–Kier alpha value is -1.55. The summed E-state index contributed by atoms with van der Waals surface area (Å²) in [6.45, 7) is 1.93. The van der Waals surface area contributed by atoms with Crippen LogP contribution in [-0.4, -0.2) is 23.9 Å². The van der Waals surface area contributed by atoms with E-state index >= 15 is 0 Å². The standard InChI is InChI=1S/C12H17N3O/c1-8-7-9(3-6-11(8)14-13)12(16)15(2)10-4-5-10/h3,6-7,10,14H,4-5,13H2,1-2H3. The first-order valence-electron chi connectivity index (χ1n) is 5.48. The third kappa shape index (κ3) is 2.02. The molecule has 86 valence electrons. The number of nitrogens with one attached hydrogen (secondary N) is 1. The van der Waals surface area contributed by atoms with Crippen molar-refractivity contribution in [1.29, 1.82) is 0 Å². The van der Waals surface area contributed by atoms with Crippen LogP contribution in [0.1, 0.15) is 28.8 Å². The number of nitrogen functional groups attached to an aromatic ring is 1. The van der Waals surface area contributed by atoms with Gasteiger partial charge in [0.15, 0.2) is 0 Å². The van der Waals surface area contributed by atoms with Gasteiger partial charge in [-0.15, -0.1) is 0 Å². The first-order chi connectivity index (χ1) is 7.63. The zero-order chi connectivity index (χ0) is 11.7. The van der Waals surface area contributed by atoms with Crippen molar-refractivity contribution < 1.29 is 4.79 Å². The van der Waals surface area contributed by atoms with E-state index in [1.165, 1.54) is 0 Å². The molecule has 0 bridgehead atoms. The molecule has 1 amide bonds. The maximum atomic E-state index is 12.1. The van der Waals surface area contributed by atoms with E-state index in [1.807, 2.05) is 37.1 Å². The summed E-state index contributed by atoms with van der Waals surface area (Å²) in [7, 11) is 1.87.